The Kier molecular flexibility index (Phi) is 26.5. The lowest BCUT2D eigenvalue weighted by Crippen LogP contribution is -1.82. The van der Waals surface area contributed by atoms with E-state index in [0.29, 0.717) is 0 Å². The molecule has 0 heteroatoms. The van der Waals surface area contributed by atoms with Gasteiger partial charge in [-0.3, -0.25) is 0 Å². The Morgan fingerprint density at radius 1 is 0.286 bits per heavy atom. The van der Waals surface area contributed by atoms with Crippen LogP contribution in [0.1, 0.15) is 154 Å². The van der Waals surface area contributed by atoms with Crippen molar-refractivity contribution in [3.05, 3.63) is 26.0 Å². The Balaban J connectivity index is 3.05. The van der Waals surface area contributed by atoms with E-state index in [4.69, 9.17) is 0 Å². The Morgan fingerprint density at radius 3 is 0.750 bits per heavy atom. The highest BCUT2D eigenvalue weighted by Crippen LogP contribution is 2.13. The van der Waals surface area contributed by atoms with E-state index in [1.807, 2.05) is 0 Å². The first-order valence-electron chi connectivity index (χ1n) is 13.1. The van der Waals surface area contributed by atoms with Gasteiger partial charge in [0.15, 0.2) is 0 Å². The fourth-order valence-electron chi connectivity index (χ4n) is 3.94. The molecular weight excluding hydrogens is 336 g/mol. The lowest BCUT2D eigenvalue weighted by molar-refractivity contribution is 0.552. The van der Waals surface area contributed by atoms with Crippen LogP contribution >= 0.6 is 0 Å². The predicted molar refractivity (Wildman–Crippen MR) is 131 cm³/mol. The lowest BCUT2D eigenvalue weighted by Gasteiger charge is -2.02. The molecule has 0 aromatic rings. The minimum Gasteiger partial charge on any atom is -0.0885 e. The highest BCUT2D eigenvalue weighted by Gasteiger charge is 1.94. The third-order valence-electron chi connectivity index (χ3n) is 5.91. The van der Waals surface area contributed by atoms with E-state index in [1.165, 1.54) is 141 Å². The van der Waals surface area contributed by atoms with Crippen molar-refractivity contribution < 1.29 is 0 Å². The molecule has 0 saturated heterocycles. The topological polar surface area (TPSA) is 0 Å². The molecule has 0 heterocycles. The van der Waals surface area contributed by atoms with Crippen molar-refractivity contribution in [1.82, 2.24) is 0 Å². The van der Waals surface area contributed by atoms with Crippen molar-refractivity contribution in [2.75, 3.05) is 0 Å². The Hall–Kier alpha value is -0.260. The molecule has 0 rings (SSSR count). The molecule has 0 fully saturated rings. The fourth-order valence-corrected chi connectivity index (χ4v) is 3.94. The third-order valence-corrected chi connectivity index (χ3v) is 5.91. The standard InChI is InChI=1S/C28H54/c1-3-5-7-9-11-13-15-17-19-21-23-25-27-28-26-24-22-20-18-16-14-12-10-8-6-4-2/h27-28H,1-26H2/b28-27+. The first-order valence-corrected chi connectivity index (χ1v) is 13.1. The van der Waals surface area contributed by atoms with E-state index in [2.05, 4.69) is 26.0 Å². The van der Waals surface area contributed by atoms with Gasteiger partial charge in [-0.1, -0.05) is 154 Å². The molecule has 0 bridgehead atoms. The van der Waals surface area contributed by atoms with E-state index < -0.39 is 0 Å². The molecule has 0 aliphatic heterocycles. The average molecular weight is 391 g/mol. The van der Waals surface area contributed by atoms with Crippen molar-refractivity contribution in [3.8, 4) is 0 Å². The van der Waals surface area contributed by atoms with Gasteiger partial charge < -0.3 is 0 Å². The van der Waals surface area contributed by atoms with Crippen LogP contribution in [-0.2, 0) is 0 Å². The van der Waals surface area contributed by atoms with Gasteiger partial charge in [0.05, 0.1) is 0 Å². The molecule has 166 valence electrons. The van der Waals surface area contributed by atoms with Gasteiger partial charge in [-0.15, -0.1) is 0 Å². The smallest absolute Gasteiger partial charge is 0.0351 e. The van der Waals surface area contributed by atoms with Crippen LogP contribution in [0.2, 0.25) is 0 Å². The van der Waals surface area contributed by atoms with E-state index in [0.717, 1.165) is 12.8 Å². The third kappa shape index (κ3) is 25.7. The minimum absolute atomic E-state index is 1.12. The second-order valence-corrected chi connectivity index (χ2v) is 8.83. The maximum atomic E-state index is 3.91. The van der Waals surface area contributed by atoms with Gasteiger partial charge in [0.1, 0.15) is 0 Å². The van der Waals surface area contributed by atoms with Gasteiger partial charge in [-0.05, 0) is 25.7 Å². The highest BCUT2D eigenvalue weighted by atomic mass is 14.0. The summed E-state index contributed by atoms with van der Waals surface area (Å²) in [6, 6.07) is 0. The van der Waals surface area contributed by atoms with Gasteiger partial charge in [0, 0.05) is 0 Å². The summed E-state index contributed by atoms with van der Waals surface area (Å²) in [5.74, 6) is 0. The van der Waals surface area contributed by atoms with E-state index in [-0.39, 0.29) is 0 Å². The maximum Gasteiger partial charge on any atom is -0.0351 e. The van der Waals surface area contributed by atoms with Gasteiger partial charge in [-0.25, -0.2) is 0 Å². The van der Waals surface area contributed by atoms with Crippen molar-refractivity contribution in [1.29, 1.82) is 0 Å². The number of rotatable bonds is 24. The monoisotopic (exact) mass is 390 g/mol. The Morgan fingerprint density at radius 2 is 0.500 bits per heavy atom. The Bertz CT molecular complexity index is 250. The molecule has 0 aliphatic carbocycles. The molecule has 0 aromatic heterocycles. The summed E-state index contributed by atoms with van der Waals surface area (Å²) in [7, 11) is 0. The van der Waals surface area contributed by atoms with Crippen molar-refractivity contribution in [3.63, 3.8) is 0 Å². The van der Waals surface area contributed by atoms with Crippen LogP contribution in [0.3, 0.4) is 0 Å². The number of hydrogen-bond donors (Lipinski definition) is 0. The molecule has 0 aliphatic rings. The maximum absolute atomic E-state index is 3.91. The summed E-state index contributed by atoms with van der Waals surface area (Å²) in [5.41, 5.74) is 0. The normalized spacial score (nSPS) is 11.6. The lowest BCUT2D eigenvalue weighted by atomic mass is 10.0. The Labute approximate surface area is 180 Å². The SMILES string of the molecule is [CH2]CCCCCCCCCCCC/C=C/CCCCCCCCCCCC[CH2]. The summed E-state index contributed by atoms with van der Waals surface area (Å²) < 4.78 is 0. The largest absolute Gasteiger partial charge is 0.0885 e. The summed E-state index contributed by atoms with van der Waals surface area (Å²) in [6.07, 6.45) is 38.2. The van der Waals surface area contributed by atoms with E-state index in [1.54, 1.807) is 0 Å². The molecule has 0 nitrogen and oxygen atoms in total. The van der Waals surface area contributed by atoms with Crippen molar-refractivity contribution >= 4 is 0 Å². The summed E-state index contributed by atoms with van der Waals surface area (Å²) >= 11 is 0. The molecule has 2 radical (unpaired) electrons. The van der Waals surface area contributed by atoms with Crippen LogP contribution in [0.5, 0.6) is 0 Å². The van der Waals surface area contributed by atoms with E-state index in [9.17, 15) is 0 Å². The second kappa shape index (κ2) is 26.7. The van der Waals surface area contributed by atoms with Crippen LogP contribution in [0.15, 0.2) is 12.2 Å². The molecule has 0 atom stereocenters. The molecule has 28 heavy (non-hydrogen) atoms. The molecule has 0 aromatic carbocycles. The van der Waals surface area contributed by atoms with E-state index >= 15 is 0 Å². The van der Waals surface area contributed by atoms with Crippen LogP contribution in [0.4, 0.5) is 0 Å². The van der Waals surface area contributed by atoms with Gasteiger partial charge >= 0.3 is 0 Å². The van der Waals surface area contributed by atoms with Crippen LogP contribution in [-0.4, -0.2) is 0 Å². The predicted octanol–water partition coefficient (Wildman–Crippen LogP) is 10.6. The zero-order chi connectivity index (χ0) is 20.4. The zero-order valence-corrected chi connectivity index (χ0v) is 19.5. The average Bonchev–Trinajstić information content (AvgIpc) is 2.71. The van der Waals surface area contributed by atoms with Crippen LogP contribution in [0, 0.1) is 13.8 Å². The number of allylic oxidation sites excluding steroid dienone is 2. The van der Waals surface area contributed by atoms with Crippen LogP contribution in [0.25, 0.3) is 0 Å². The quantitative estimate of drug-likeness (QED) is 0.113. The fraction of sp³-hybridized carbons (Fsp3) is 0.857. The van der Waals surface area contributed by atoms with Gasteiger partial charge in [-0.2, -0.15) is 0 Å². The summed E-state index contributed by atoms with van der Waals surface area (Å²) in [6.45, 7) is 7.82. The molecule has 0 spiro atoms. The summed E-state index contributed by atoms with van der Waals surface area (Å²) in [5, 5.41) is 0. The van der Waals surface area contributed by atoms with Crippen LogP contribution < -0.4 is 0 Å². The molecule has 0 unspecified atom stereocenters. The number of unbranched alkanes of at least 4 members (excludes halogenated alkanes) is 22. The van der Waals surface area contributed by atoms with Gasteiger partial charge in [0.2, 0.25) is 0 Å². The molecule has 0 saturated carbocycles. The second-order valence-electron chi connectivity index (χ2n) is 8.83. The number of hydrogen-bond acceptors (Lipinski definition) is 0. The first kappa shape index (κ1) is 27.7. The first-order chi connectivity index (χ1) is 13.9. The zero-order valence-electron chi connectivity index (χ0n) is 19.5. The molecule has 0 N–H and O–H groups in total. The minimum atomic E-state index is 1.12. The van der Waals surface area contributed by atoms with Crippen molar-refractivity contribution in [2.24, 2.45) is 0 Å². The highest BCUT2D eigenvalue weighted by molar-refractivity contribution is 4.81. The summed E-state index contributed by atoms with van der Waals surface area (Å²) in [4.78, 5) is 0. The molecular formula is C28H54. The molecule has 0 amide bonds. The van der Waals surface area contributed by atoms with Gasteiger partial charge in [0.25, 0.3) is 0 Å². The van der Waals surface area contributed by atoms with Crippen molar-refractivity contribution in [2.45, 2.75) is 154 Å².